The van der Waals surface area contributed by atoms with Crippen LogP contribution in [0.25, 0.3) is 0 Å². The zero-order chi connectivity index (χ0) is 33.2. The molecule has 0 bridgehead atoms. The lowest BCUT2D eigenvalue weighted by atomic mass is 9.67. The lowest BCUT2D eigenvalue weighted by molar-refractivity contribution is -0.151. The summed E-state index contributed by atoms with van der Waals surface area (Å²) in [4.78, 5) is 60.4. The van der Waals surface area contributed by atoms with E-state index >= 15 is 0 Å². The molecule has 44 heavy (non-hydrogen) atoms. The molecule has 0 amide bonds. The summed E-state index contributed by atoms with van der Waals surface area (Å²) >= 11 is 0. The van der Waals surface area contributed by atoms with Gasteiger partial charge in [-0.1, -0.05) is 67.2 Å². The van der Waals surface area contributed by atoms with Crippen LogP contribution in [0.4, 0.5) is 0 Å². The van der Waals surface area contributed by atoms with Crippen molar-refractivity contribution in [2.75, 3.05) is 27.3 Å². The molecule has 246 valence electrons. The monoisotopic (exact) mass is 616 g/mol. The maximum absolute atomic E-state index is 13.0. The topological polar surface area (TPSA) is 152 Å². The second-order valence-electron chi connectivity index (χ2n) is 13.2. The van der Waals surface area contributed by atoms with E-state index in [-0.39, 0.29) is 47.1 Å². The van der Waals surface area contributed by atoms with Gasteiger partial charge in [-0.15, -0.1) is 0 Å². The van der Waals surface area contributed by atoms with Crippen molar-refractivity contribution in [1.82, 2.24) is 0 Å². The van der Waals surface area contributed by atoms with Gasteiger partial charge in [0, 0.05) is 37.4 Å². The Morgan fingerprint density at radius 2 is 1.05 bits per heavy atom. The number of aliphatic hydroxyl groups is 2. The van der Waals surface area contributed by atoms with Crippen LogP contribution in [0.15, 0.2) is 32.6 Å². The van der Waals surface area contributed by atoms with E-state index in [1.807, 2.05) is 13.8 Å². The predicted octanol–water partition coefficient (Wildman–Crippen LogP) is 6.23. The Morgan fingerprint density at radius 3 is 1.34 bits per heavy atom. The highest BCUT2D eigenvalue weighted by molar-refractivity contribution is 6.24. The second kappa shape index (κ2) is 16.1. The molecule has 0 aromatic rings. The standard InChI is InChI=1S/C34H52N2O8/c1-9-15-21(25-23(37)19-33(3,4)27(29(25)39)31(41)43-7)35-17-13-11-12-14-18-36-22(16-10-2)26-24(38)20-34(5,6)28(30(26)40)32(42)44-8/h27-28,39-40H,9-20H2,1-8H3/t27-,28-/m1/s1. The maximum Gasteiger partial charge on any atom is 0.316 e. The van der Waals surface area contributed by atoms with Crippen LogP contribution in [0.2, 0.25) is 0 Å². The number of aliphatic imine (C=N–C) groups is 2. The summed E-state index contributed by atoms with van der Waals surface area (Å²) in [6.07, 6.45) is 6.02. The zero-order valence-electron chi connectivity index (χ0n) is 27.9. The van der Waals surface area contributed by atoms with E-state index in [4.69, 9.17) is 9.47 Å². The number of allylic oxidation sites excluding steroid dienone is 2. The van der Waals surface area contributed by atoms with Crippen LogP contribution >= 0.6 is 0 Å². The molecule has 0 spiro atoms. The number of ketones is 2. The number of esters is 2. The van der Waals surface area contributed by atoms with Crippen molar-refractivity contribution in [3.8, 4) is 0 Å². The summed E-state index contributed by atoms with van der Waals surface area (Å²) in [5, 5.41) is 22.0. The van der Waals surface area contributed by atoms with Crippen LogP contribution in [-0.4, -0.2) is 72.5 Å². The molecule has 0 heterocycles. The van der Waals surface area contributed by atoms with Gasteiger partial charge in [0.1, 0.15) is 23.4 Å². The number of ether oxygens (including phenoxy) is 2. The Balaban J connectivity index is 2.07. The summed E-state index contributed by atoms with van der Waals surface area (Å²) in [7, 11) is 2.55. The number of hydrogen-bond donors (Lipinski definition) is 2. The summed E-state index contributed by atoms with van der Waals surface area (Å²) in [5.41, 5.74) is -0.126. The van der Waals surface area contributed by atoms with Crippen LogP contribution < -0.4 is 0 Å². The second-order valence-corrected chi connectivity index (χ2v) is 13.2. The van der Waals surface area contributed by atoms with E-state index in [1.165, 1.54) is 14.2 Å². The minimum Gasteiger partial charge on any atom is -0.511 e. The highest BCUT2D eigenvalue weighted by atomic mass is 16.5. The van der Waals surface area contributed by atoms with Crippen molar-refractivity contribution >= 4 is 34.9 Å². The normalized spacial score (nSPS) is 22.4. The fourth-order valence-electron chi connectivity index (χ4n) is 6.28. The molecule has 10 heteroatoms. The lowest BCUT2D eigenvalue weighted by Gasteiger charge is -2.36. The Morgan fingerprint density at radius 1 is 0.705 bits per heavy atom. The molecule has 0 radical (unpaired) electrons. The fraction of sp³-hybridized carbons (Fsp3) is 0.706. The smallest absolute Gasteiger partial charge is 0.316 e. The fourth-order valence-corrected chi connectivity index (χ4v) is 6.28. The lowest BCUT2D eigenvalue weighted by Crippen LogP contribution is -2.41. The molecule has 2 rings (SSSR count). The Bertz CT molecular complexity index is 1130. The minimum absolute atomic E-state index is 0.122. The maximum atomic E-state index is 13.0. The zero-order valence-corrected chi connectivity index (χ0v) is 27.9. The first kappa shape index (κ1) is 36.9. The van der Waals surface area contributed by atoms with Gasteiger partial charge < -0.3 is 19.7 Å². The number of methoxy groups -OCH3 is 2. The third kappa shape index (κ3) is 8.66. The molecule has 2 aliphatic rings. The molecular weight excluding hydrogens is 564 g/mol. The molecule has 0 aromatic carbocycles. The first-order chi connectivity index (χ1) is 20.7. The van der Waals surface area contributed by atoms with Gasteiger partial charge in [0.15, 0.2) is 11.6 Å². The number of nitrogens with zero attached hydrogens (tertiary/aromatic N) is 2. The SMILES string of the molecule is CCCC(=NCCCCCCN=C(CCC)C1=C(O)[C@H](C(=O)OC)C(C)(C)CC1=O)C1=C(O)[C@H](C(=O)OC)C(C)(C)CC1=O. The largest absolute Gasteiger partial charge is 0.511 e. The first-order valence-corrected chi connectivity index (χ1v) is 15.8. The van der Waals surface area contributed by atoms with Crippen LogP contribution in [0, 0.1) is 22.7 Å². The number of carbonyl (C=O) groups is 4. The summed E-state index contributed by atoms with van der Waals surface area (Å²) in [6.45, 7) is 12.0. The van der Waals surface area contributed by atoms with Crippen molar-refractivity contribution in [3.05, 3.63) is 22.7 Å². The van der Waals surface area contributed by atoms with Gasteiger partial charge in [-0.2, -0.15) is 0 Å². The summed E-state index contributed by atoms with van der Waals surface area (Å²) in [6, 6.07) is 0. The predicted molar refractivity (Wildman–Crippen MR) is 170 cm³/mol. The Hall–Kier alpha value is -3.30. The molecule has 10 nitrogen and oxygen atoms in total. The van der Waals surface area contributed by atoms with E-state index in [0.29, 0.717) is 37.4 Å². The molecular formula is C34H52N2O8. The average Bonchev–Trinajstić information content (AvgIpc) is 2.92. The van der Waals surface area contributed by atoms with Gasteiger partial charge in [0.05, 0.1) is 25.4 Å². The van der Waals surface area contributed by atoms with E-state index < -0.39 is 34.6 Å². The highest BCUT2D eigenvalue weighted by Gasteiger charge is 2.48. The van der Waals surface area contributed by atoms with Crippen LogP contribution in [0.1, 0.15) is 106 Å². The molecule has 0 aromatic heterocycles. The van der Waals surface area contributed by atoms with E-state index in [0.717, 1.165) is 38.5 Å². The van der Waals surface area contributed by atoms with Crippen molar-refractivity contribution in [2.45, 2.75) is 106 Å². The van der Waals surface area contributed by atoms with Crippen LogP contribution in [-0.2, 0) is 28.7 Å². The molecule has 0 saturated carbocycles. The van der Waals surface area contributed by atoms with Crippen LogP contribution in [0.3, 0.4) is 0 Å². The average molecular weight is 617 g/mol. The number of unbranched alkanes of at least 4 members (excludes halogenated alkanes) is 3. The van der Waals surface area contributed by atoms with Crippen LogP contribution in [0.5, 0.6) is 0 Å². The van der Waals surface area contributed by atoms with E-state index in [2.05, 4.69) is 9.98 Å². The number of carbonyl (C=O) groups excluding carboxylic acids is 4. The molecule has 2 atom stereocenters. The number of aliphatic hydroxyl groups excluding tert-OH is 2. The summed E-state index contributed by atoms with van der Waals surface area (Å²) < 4.78 is 9.84. The molecule has 0 saturated heterocycles. The molecule has 0 fully saturated rings. The highest BCUT2D eigenvalue weighted by Crippen LogP contribution is 2.44. The van der Waals surface area contributed by atoms with Gasteiger partial charge in [0.25, 0.3) is 0 Å². The van der Waals surface area contributed by atoms with Gasteiger partial charge in [-0.05, 0) is 36.5 Å². The van der Waals surface area contributed by atoms with Crippen molar-refractivity contribution in [2.24, 2.45) is 32.7 Å². The van der Waals surface area contributed by atoms with Crippen molar-refractivity contribution in [3.63, 3.8) is 0 Å². The van der Waals surface area contributed by atoms with Gasteiger partial charge in [0.2, 0.25) is 0 Å². The third-order valence-electron chi connectivity index (χ3n) is 8.51. The van der Waals surface area contributed by atoms with Gasteiger partial charge in [-0.3, -0.25) is 29.2 Å². The number of Topliss-reactive ketones (excluding diaryl/α,β-unsaturated/α-hetero) is 2. The van der Waals surface area contributed by atoms with Crippen molar-refractivity contribution < 1.29 is 38.9 Å². The first-order valence-electron chi connectivity index (χ1n) is 15.8. The van der Waals surface area contributed by atoms with E-state index in [1.54, 1.807) is 27.7 Å². The molecule has 2 aliphatic carbocycles. The van der Waals surface area contributed by atoms with E-state index in [9.17, 15) is 29.4 Å². The third-order valence-corrected chi connectivity index (χ3v) is 8.51. The molecule has 0 unspecified atom stereocenters. The van der Waals surface area contributed by atoms with Gasteiger partial charge in [-0.25, -0.2) is 0 Å². The number of hydrogen-bond acceptors (Lipinski definition) is 10. The minimum atomic E-state index is -0.917. The quantitative estimate of drug-likeness (QED) is 0.125. The summed E-state index contributed by atoms with van der Waals surface area (Å²) in [5.74, 6) is -3.87. The Kier molecular flexibility index (Phi) is 13.5. The Labute approximate surface area is 262 Å². The molecule has 0 aliphatic heterocycles. The van der Waals surface area contributed by atoms with Gasteiger partial charge >= 0.3 is 11.9 Å². The molecule has 2 N–H and O–H groups in total. The number of rotatable bonds is 15. The van der Waals surface area contributed by atoms with Crippen molar-refractivity contribution in [1.29, 1.82) is 0 Å².